The zero-order chi connectivity index (χ0) is 16.1. The van der Waals surface area contributed by atoms with Crippen LogP contribution >= 0.6 is 0 Å². The molecular formula is C18H23N3O2. The standard InChI is InChI=1S/C18H23N3O2/c22-12-11-21(16-6-7-16)13-17(23)19-10-8-15-4-1-3-14-5-2-9-20-18(14)15/h1-5,9,16,22H,6-8,10-13H2,(H,19,23). The predicted molar refractivity (Wildman–Crippen MR) is 90.1 cm³/mol. The minimum atomic E-state index is 0.0264. The van der Waals surface area contributed by atoms with Crippen molar-refractivity contribution in [2.24, 2.45) is 0 Å². The fraction of sp³-hybridized carbons (Fsp3) is 0.444. The van der Waals surface area contributed by atoms with Crippen molar-refractivity contribution in [3.8, 4) is 0 Å². The number of hydrogen-bond donors (Lipinski definition) is 2. The molecule has 0 radical (unpaired) electrons. The van der Waals surface area contributed by atoms with Crippen LogP contribution in [0.4, 0.5) is 0 Å². The Morgan fingerprint density at radius 2 is 2.13 bits per heavy atom. The van der Waals surface area contributed by atoms with Crippen LogP contribution in [0.2, 0.25) is 0 Å². The van der Waals surface area contributed by atoms with Gasteiger partial charge in [0.25, 0.3) is 0 Å². The average Bonchev–Trinajstić information content (AvgIpc) is 3.40. The molecule has 1 heterocycles. The number of pyridine rings is 1. The topological polar surface area (TPSA) is 65.5 Å². The predicted octanol–water partition coefficient (Wildman–Crippen LogP) is 1.35. The van der Waals surface area contributed by atoms with Crippen molar-refractivity contribution in [3.05, 3.63) is 42.1 Å². The van der Waals surface area contributed by atoms with Gasteiger partial charge in [0.05, 0.1) is 18.7 Å². The van der Waals surface area contributed by atoms with Crippen LogP contribution < -0.4 is 5.32 Å². The molecule has 0 saturated heterocycles. The van der Waals surface area contributed by atoms with Gasteiger partial charge < -0.3 is 10.4 Å². The van der Waals surface area contributed by atoms with Crippen LogP contribution in [0.25, 0.3) is 10.9 Å². The Morgan fingerprint density at radius 1 is 1.30 bits per heavy atom. The summed E-state index contributed by atoms with van der Waals surface area (Å²) in [7, 11) is 0. The molecule has 1 aliphatic carbocycles. The Labute approximate surface area is 136 Å². The fourth-order valence-electron chi connectivity index (χ4n) is 2.90. The molecule has 23 heavy (non-hydrogen) atoms. The van der Waals surface area contributed by atoms with Gasteiger partial charge in [0, 0.05) is 30.7 Å². The molecule has 5 nitrogen and oxygen atoms in total. The molecule has 1 saturated carbocycles. The average molecular weight is 313 g/mol. The monoisotopic (exact) mass is 313 g/mol. The number of carbonyl (C=O) groups excluding carboxylic acids is 1. The molecule has 0 aliphatic heterocycles. The smallest absolute Gasteiger partial charge is 0.234 e. The van der Waals surface area contributed by atoms with Crippen molar-refractivity contribution in [1.82, 2.24) is 15.2 Å². The van der Waals surface area contributed by atoms with E-state index in [1.807, 2.05) is 24.3 Å². The number of nitrogens with zero attached hydrogens (tertiary/aromatic N) is 2. The molecule has 2 aromatic rings. The highest BCUT2D eigenvalue weighted by molar-refractivity contribution is 5.81. The first-order chi connectivity index (χ1) is 11.3. The summed E-state index contributed by atoms with van der Waals surface area (Å²) in [6.45, 7) is 1.65. The lowest BCUT2D eigenvalue weighted by atomic mass is 10.1. The lowest BCUT2D eigenvalue weighted by Gasteiger charge is -2.20. The van der Waals surface area contributed by atoms with Gasteiger partial charge in [-0.05, 0) is 30.9 Å². The molecule has 122 valence electrons. The maximum atomic E-state index is 12.1. The van der Waals surface area contributed by atoms with Crippen LogP contribution in [0.15, 0.2) is 36.5 Å². The number of hydrogen-bond acceptors (Lipinski definition) is 4. The maximum Gasteiger partial charge on any atom is 0.234 e. The quantitative estimate of drug-likeness (QED) is 0.772. The molecule has 1 aromatic heterocycles. The van der Waals surface area contributed by atoms with E-state index in [1.165, 1.54) is 0 Å². The van der Waals surface area contributed by atoms with Gasteiger partial charge in [-0.1, -0.05) is 24.3 Å². The Morgan fingerprint density at radius 3 is 2.91 bits per heavy atom. The highest BCUT2D eigenvalue weighted by Gasteiger charge is 2.29. The first-order valence-electron chi connectivity index (χ1n) is 8.22. The van der Waals surface area contributed by atoms with E-state index in [4.69, 9.17) is 5.11 Å². The summed E-state index contributed by atoms with van der Waals surface area (Å²) in [6, 6.07) is 10.6. The van der Waals surface area contributed by atoms with Gasteiger partial charge in [-0.25, -0.2) is 0 Å². The van der Waals surface area contributed by atoms with Gasteiger partial charge in [-0.3, -0.25) is 14.7 Å². The largest absolute Gasteiger partial charge is 0.395 e. The van der Waals surface area contributed by atoms with E-state index >= 15 is 0 Å². The first-order valence-corrected chi connectivity index (χ1v) is 8.22. The second-order valence-electron chi connectivity index (χ2n) is 6.02. The first kappa shape index (κ1) is 15.9. The number of aliphatic hydroxyl groups excluding tert-OH is 1. The number of aliphatic hydroxyl groups is 1. The number of amides is 1. The second-order valence-corrected chi connectivity index (χ2v) is 6.02. The van der Waals surface area contributed by atoms with Crippen molar-refractivity contribution < 1.29 is 9.90 Å². The Hall–Kier alpha value is -1.98. The number of fused-ring (bicyclic) bond motifs is 1. The zero-order valence-corrected chi connectivity index (χ0v) is 13.2. The number of rotatable bonds is 8. The molecule has 0 bridgehead atoms. The van der Waals surface area contributed by atoms with Crippen LogP contribution in [0, 0.1) is 0 Å². The van der Waals surface area contributed by atoms with Crippen molar-refractivity contribution in [2.75, 3.05) is 26.2 Å². The highest BCUT2D eigenvalue weighted by atomic mass is 16.3. The van der Waals surface area contributed by atoms with Gasteiger partial charge in [0.15, 0.2) is 0 Å². The number of para-hydroxylation sites is 1. The lowest BCUT2D eigenvalue weighted by molar-refractivity contribution is -0.122. The maximum absolute atomic E-state index is 12.1. The summed E-state index contributed by atoms with van der Waals surface area (Å²) in [4.78, 5) is 18.6. The molecule has 0 spiro atoms. The number of carbonyl (C=O) groups is 1. The lowest BCUT2D eigenvalue weighted by Crippen LogP contribution is -2.40. The molecule has 0 atom stereocenters. The van der Waals surface area contributed by atoms with E-state index in [9.17, 15) is 4.79 Å². The van der Waals surface area contributed by atoms with E-state index in [-0.39, 0.29) is 12.5 Å². The van der Waals surface area contributed by atoms with Gasteiger partial charge in [-0.2, -0.15) is 0 Å². The van der Waals surface area contributed by atoms with Crippen LogP contribution in [-0.2, 0) is 11.2 Å². The van der Waals surface area contributed by atoms with Crippen LogP contribution in [0.5, 0.6) is 0 Å². The van der Waals surface area contributed by atoms with Crippen LogP contribution in [-0.4, -0.2) is 53.2 Å². The molecule has 1 aliphatic rings. The molecule has 1 aromatic carbocycles. The molecule has 1 fully saturated rings. The van der Waals surface area contributed by atoms with Crippen molar-refractivity contribution >= 4 is 16.8 Å². The minimum Gasteiger partial charge on any atom is -0.395 e. The molecule has 0 unspecified atom stereocenters. The number of benzene rings is 1. The number of nitrogens with one attached hydrogen (secondary N) is 1. The number of aromatic nitrogens is 1. The Kier molecular flexibility index (Phi) is 5.20. The van der Waals surface area contributed by atoms with E-state index in [0.717, 1.165) is 35.7 Å². The summed E-state index contributed by atoms with van der Waals surface area (Å²) < 4.78 is 0. The van der Waals surface area contributed by atoms with Crippen molar-refractivity contribution in [1.29, 1.82) is 0 Å². The fourth-order valence-corrected chi connectivity index (χ4v) is 2.90. The molecule has 2 N–H and O–H groups in total. The van der Waals surface area contributed by atoms with E-state index in [2.05, 4.69) is 21.3 Å². The SMILES string of the molecule is O=C(CN(CCO)C1CC1)NCCc1cccc2cccnc12. The van der Waals surface area contributed by atoms with Gasteiger partial charge in [-0.15, -0.1) is 0 Å². The third kappa shape index (κ3) is 4.27. The van der Waals surface area contributed by atoms with Gasteiger partial charge >= 0.3 is 0 Å². The third-order valence-electron chi connectivity index (χ3n) is 4.23. The van der Waals surface area contributed by atoms with Gasteiger partial charge in [0.2, 0.25) is 5.91 Å². The zero-order valence-electron chi connectivity index (χ0n) is 13.2. The molecule has 5 heteroatoms. The normalized spacial score (nSPS) is 14.3. The summed E-state index contributed by atoms with van der Waals surface area (Å²) in [5.74, 6) is 0.0264. The molecular weight excluding hydrogens is 290 g/mol. The Balaban J connectivity index is 1.51. The summed E-state index contributed by atoms with van der Waals surface area (Å²) in [5, 5.41) is 13.2. The minimum absolute atomic E-state index is 0.0264. The summed E-state index contributed by atoms with van der Waals surface area (Å²) in [6.07, 6.45) is 4.83. The van der Waals surface area contributed by atoms with E-state index < -0.39 is 0 Å². The van der Waals surface area contributed by atoms with Crippen molar-refractivity contribution in [2.45, 2.75) is 25.3 Å². The van der Waals surface area contributed by atoms with Crippen LogP contribution in [0.3, 0.4) is 0 Å². The summed E-state index contributed by atoms with van der Waals surface area (Å²) >= 11 is 0. The second kappa shape index (κ2) is 7.53. The van der Waals surface area contributed by atoms with E-state index in [0.29, 0.717) is 25.7 Å². The molecule has 1 amide bonds. The van der Waals surface area contributed by atoms with Crippen molar-refractivity contribution in [3.63, 3.8) is 0 Å². The van der Waals surface area contributed by atoms with Crippen LogP contribution in [0.1, 0.15) is 18.4 Å². The molecule has 3 rings (SSSR count). The van der Waals surface area contributed by atoms with Gasteiger partial charge in [0.1, 0.15) is 0 Å². The highest BCUT2D eigenvalue weighted by Crippen LogP contribution is 2.26. The Bertz CT molecular complexity index is 665. The third-order valence-corrected chi connectivity index (χ3v) is 4.23. The van der Waals surface area contributed by atoms with E-state index in [1.54, 1.807) is 6.20 Å². The summed E-state index contributed by atoms with van der Waals surface area (Å²) in [5.41, 5.74) is 2.15.